The molecule has 0 aromatic heterocycles. The van der Waals surface area contributed by atoms with E-state index >= 15 is 0 Å². The van der Waals surface area contributed by atoms with Crippen molar-refractivity contribution < 1.29 is 9.47 Å². The second kappa shape index (κ2) is 9.29. The summed E-state index contributed by atoms with van der Waals surface area (Å²) in [5, 5.41) is 0. The predicted octanol–water partition coefficient (Wildman–Crippen LogP) is 4.26. The molecule has 1 fully saturated rings. The van der Waals surface area contributed by atoms with Crippen molar-refractivity contribution in [1.82, 2.24) is 4.90 Å². The second-order valence-corrected chi connectivity index (χ2v) is 7.49. The van der Waals surface area contributed by atoms with Crippen LogP contribution >= 0.6 is 0 Å². The van der Waals surface area contributed by atoms with E-state index in [0.29, 0.717) is 0 Å². The molecular weight excluding hydrogens is 286 g/mol. The minimum absolute atomic E-state index is 0.207. The molecule has 0 aliphatic carbocycles. The molecule has 0 saturated carbocycles. The van der Waals surface area contributed by atoms with Gasteiger partial charge in [0.1, 0.15) is 5.75 Å². The summed E-state index contributed by atoms with van der Waals surface area (Å²) >= 11 is 0. The fourth-order valence-corrected chi connectivity index (χ4v) is 2.86. The van der Waals surface area contributed by atoms with Crippen LogP contribution in [0.25, 0.3) is 0 Å². The highest BCUT2D eigenvalue weighted by molar-refractivity contribution is 5.31. The smallest absolute Gasteiger partial charge is 0.119 e. The minimum Gasteiger partial charge on any atom is -0.494 e. The topological polar surface area (TPSA) is 21.7 Å². The van der Waals surface area contributed by atoms with E-state index in [0.717, 1.165) is 45.1 Å². The van der Waals surface area contributed by atoms with Crippen molar-refractivity contribution in [3.63, 3.8) is 0 Å². The van der Waals surface area contributed by atoms with E-state index in [1.807, 2.05) is 0 Å². The molecule has 2 rings (SSSR count). The summed E-state index contributed by atoms with van der Waals surface area (Å²) in [6.45, 7) is 12.8. The first kappa shape index (κ1) is 18.3. The fourth-order valence-electron chi connectivity index (χ4n) is 2.86. The molecule has 23 heavy (non-hydrogen) atoms. The molecule has 1 saturated heterocycles. The minimum atomic E-state index is 0.207. The van der Waals surface area contributed by atoms with E-state index in [1.165, 1.54) is 31.4 Å². The monoisotopic (exact) mass is 319 g/mol. The van der Waals surface area contributed by atoms with Gasteiger partial charge in [-0.05, 0) is 42.5 Å². The molecule has 1 aromatic rings. The van der Waals surface area contributed by atoms with Gasteiger partial charge in [-0.25, -0.2) is 0 Å². The number of ether oxygens (including phenoxy) is 2. The van der Waals surface area contributed by atoms with Crippen molar-refractivity contribution in [3.05, 3.63) is 29.8 Å². The number of hydrogen-bond acceptors (Lipinski definition) is 3. The lowest BCUT2D eigenvalue weighted by molar-refractivity contribution is 0.0371. The molecule has 0 amide bonds. The maximum atomic E-state index is 5.84. The summed E-state index contributed by atoms with van der Waals surface area (Å²) in [7, 11) is 0. The van der Waals surface area contributed by atoms with E-state index in [4.69, 9.17) is 9.47 Å². The van der Waals surface area contributed by atoms with Gasteiger partial charge in [-0.2, -0.15) is 0 Å². The first-order valence-electron chi connectivity index (χ1n) is 9.09. The maximum absolute atomic E-state index is 5.84. The number of unbranched alkanes of at least 4 members (excludes halogenated alkanes) is 3. The average Bonchev–Trinajstić information content (AvgIpc) is 2.54. The standard InChI is InChI=1S/C20H33NO2/c1-20(2,3)18-8-10-19(11-9-18)23-15-7-5-4-6-12-21-13-16-22-17-14-21/h8-11H,4-7,12-17H2,1-3H3. The van der Waals surface area contributed by atoms with Crippen molar-refractivity contribution in [2.75, 3.05) is 39.5 Å². The molecule has 130 valence electrons. The molecule has 1 aromatic carbocycles. The molecule has 0 bridgehead atoms. The van der Waals surface area contributed by atoms with Crippen LogP contribution in [-0.2, 0) is 10.2 Å². The summed E-state index contributed by atoms with van der Waals surface area (Å²) in [5.41, 5.74) is 1.56. The zero-order valence-electron chi connectivity index (χ0n) is 15.1. The summed E-state index contributed by atoms with van der Waals surface area (Å²) in [4.78, 5) is 2.51. The van der Waals surface area contributed by atoms with Crippen LogP contribution in [0.1, 0.15) is 52.0 Å². The van der Waals surface area contributed by atoms with E-state index in [-0.39, 0.29) is 5.41 Å². The van der Waals surface area contributed by atoms with Gasteiger partial charge in [-0.15, -0.1) is 0 Å². The third kappa shape index (κ3) is 6.92. The van der Waals surface area contributed by atoms with E-state index in [2.05, 4.69) is 49.9 Å². The van der Waals surface area contributed by atoms with Crippen LogP contribution in [0.5, 0.6) is 5.75 Å². The number of morpholine rings is 1. The zero-order valence-corrected chi connectivity index (χ0v) is 15.1. The molecular formula is C20H33NO2. The van der Waals surface area contributed by atoms with E-state index in [9.17, 15) is 0 Å². The molecule has 1 heterocycles. The van der Waals surface area contributed by atoms with E-state index in [1.54, 1.807) is 0 Å². The summed E-state index contributed by atoms with van der Waals surface area (Å²) < 4.78 is 11.2. The number of nitrogens with zero attached hydrogens (tertiary/aromatic N) is 1. The third-order valence-corrected chi connectivity index (χ3v) is 4.46. The highest BCUT2D eigenvalue weighted by atomic mass is 16.5. The van der Waals surface area contributed by atoms with Crippen molar-refractivity contribution in [2.45, 2.75) is 51.9 Å². The fraction of sp³-hybridized carbons (Fsp3) is 0.700. The Labute approximate surface area is 142 Å². The van der Waals surface area contributed by atoms with Crippen molar-refractivity contribution in [2.24, 2.45) is 0 Å². The lowest BCUT2D eigenvalue weighted by Gasteiger charge is -2.26. The Bertz CT molecular complexity index is 430. The van der Waals surface area contributed by atoms with Crippen molar-refractivity contribution in [3.8, 4) is 5.75 Å². The van der Waals surface area contributed by atoms with Gasteiger partial charge in [0, 0.05) is 13.1 Å². The highest BCUT2D eigenvalue weighted by Gasteiger charge is 2.13. The van der Waals surface area contributed by atoms with Crippen LogP contribution in [0.15, 0.2) is 24.3 Å². The Morgan fingerprint density at radius 2 is 1.61 bits per heavy atom. The molecule has 0 N–H and O–H groups in total. The van der Waals surface area contributed by atoms with Crippen LogP contribution in [0.3, 0.4) is 0 Å². The molecule has 3 heteroatoms. The van der Waals surface area contributed by atoms with Gasteiger partial charge in [-0.1, -0.05) is 45.7 Å². The zero-order chi connectivity index (χ0) is 16.5. The number of hydrogen-bond donors (Lipinski definition) is 0. The Morgan fingerprint density at radius 3 is 2.26 bits per heavy atom. The maximum Gasteiger partial charge on any atom is 0.119 e. The average molecular weight is 319 g/mol. The van der Waals surface area contributed by atoms with Gasteiger partial charge in [0.15, 0.2) is 0 Å². The normalized spacial score (nSPS) is 16.5. The molecule has 0 spiro atoms. The lowest BCUT2D eigenvalue weighted by atomic mass is 9.87. The largest absolute Gasteiger partial charge is 0.494 e. The first-order chi connectivity index (χ1) is 11.1. The SMILES string of the molecule is CC(C)(C)c1ccc(OCCCCCCN2CCOCC2)cc1. The Hall–Kier alpha value is -1.06. The van der Waals surface area contributed by atoms with E-state index < -0.39 is 0 Å². The predicted molar refractivity (Wildman–Crippen MR) is 96.4 cm³/mol. The number of rotatable bonds is 8. The first-order valence-corrected chi connectivity index (χ1v) is 9.09. The Kier molecular flexibility index (Phi) is 7.38. The van der Waals surface area contributed by atoms with Gasteiger partial charge in [-0.3, -0.25) is 4.90 Å². The molecule has 0 atom stereocenters. The van der Waals surface area contributed by atoms with Crippen LogP contribution < -0.4 is 4.74 Å². The van der Waals surface area contributed by atoms with Gasteiger partial charge < -0.3 is 9.47 Å². The van der Waals surface area contributed by atoms with Crippen LogP contribution in [0.4, 0.5) is 0 Å². The van der Waals surface area contributed by atoms with Crippen LogP contribution in [0, 0.1) is 0 Å². The van der Waals surface area contributed by atoms with Crippen LogP contribution in [-0.4, -0.2) is 44.4 Å². The van der Waals surface area contributed by atoms with Gasteiger partial charge in [0.2, 0.25) is 0 Å². The molecule has 0 unspecified atom stereocenters. The van der Waals surface area contributed by atoms with Crippen LogP contribution in [0.2, 0.25) is 0 Å². The summed E-state index contributed by atoms with van der Waals surface area (Å²) in [6, 6.07) is 8.55. The Balaban J connectivity index is 1.51. The molecule has 0 radical (unpaired) electrons. The quantitative estimate of drug-likeness (QED) is 0.668. The lowest BCUT2D eigenvalue weighted by Crippen LogP contribution is -2.36. The van der Waals surface area contributed by atoms with Gasteiger partial charge in [0.25, 0.3) is 0 Å². The molecule has 1 aliphatic heterocycles. The van der Waals surface area contributed by atoms with Crippen molar-refractivity contribution in [1.29, 1.82) is 0 Å². The summed E-state index contributed by atoms with van der Waals surface area (Å²) in [6.07, 6.45) is 4.98. The number of benzene rings is 1. The van der Waals surface area contributed by atoms with Gasteiger partial charge in [0.05, 0.1) is 19.8 Å². The Morgan fingerprint density at radius 1 is 0.957 bits per heavy atom. The van der Waals surface area contributed by atoms with Gasteiger partial charge >= 0.3 is 0 Å². The molecule has 1 aliphatic rings. The van der Waals surface area contributed by atoms with Crippen molar-refractivity contribution >= 4 is 0 Å². The highest BCUT2D eigenvalue weighted by Crippen LogP contribution is 2.24. The third-order valence-electron chi connectivity index (χ3n) is 4.46. The summed E-state index contributed by atoms with van der Waals surface area (Å²) in [5.74, 6) is 0.992. The molecule has 3 nitrogen and oxygen atoms in total. The second-order valence-electron chi connectivity index (χ2n) is 7.49.